The van der Waals surface area contributed by atoms with Crippen molar-refractivity contribution in [2.45, 2.75) is 66.3 Å². The first kappa shape index (κ1) is 32.5. The fourth-order valence-corrected chi connectivity index (χ4v) is 7.32. The summed E-state index contributed by atoms with van der Waals surface area (Å²) in [6, 6.07) is 40.7. The summed E-state index contributed by atoms with van der Waals surface area (Å²) in [5.41, 5.74) is 11.5. The predicted molar refractivity (Wildman–Crippen MR) is 210 cm³/mol. The van der Waals surface area contributed by atoms with Crippen LogP contribution in [-0.4, -0.2) is 14.1 Å². The summed E-state index contributed by atoms with van der Waals surface area (Å²) in [5.74, 6) is 2.42. The van der Waals surface area contributed by atoms with Gasteiger partial charge in [0, 0.05) is 23.0 Å². The molecule has 0 saturated carbocycles. The summed E-state index contributed by atoms with van der Waals surface area (Å²) in [7, 11) is 0. The van der Waals surface area contributed by atoms with E-state index in [9.17, 15) is 0 Å². The summed E-state index contributed by atoms with van der Waals surface area (Å²) in [6.07, 6.45) is 5.61. The van der Waals surface area contributed by atoms with Crippen LogP contribution >= 0.6 is 0 Å². The zero-order valence-electron chi connectivity index (χ0n) is 30.7. The van der Waals surface area contributed by atoms with Gasteiger partial charge in [-0.05, 0) is 110 Å². The van der Waals surface area contributed by atoms with Gasteiger partial charge in [0.1, 0.15) is 17.3 Å². The molecule has 0 fully saturated rings. The first-order valence-electron chi connectivity index (χ1n) is 17.7. The number of para-hydroxylation sites is 1. The van der Waals surface area contributed by atoms with E-state index in [0.29, 0.717) is 0 Å². The molecule has 0 bridgehead atoms. The maximum atomic E-state index is 6.64. The van der Waals surface area contributed by atoms with Gasteiger partial charge >= 0.3 is 0 Å². The summed E-state index contributed by atoms with van der Waals surface area (Å²) in [5, 5.41) is 2.35. The van der Waals surface area contributed by atoms with Crippen molar-refractivity contribution in [3.05, 3.63) is 144 Å². The van der Waals surface area contributed by atoms with E-state index < -0.39 is 0 Å². The standard InChI is InChI=1S/C46H44N4O/c1-30-13-11-14-31(2)44(30)32-19-22-40-42(25-32)49(46(6,7)8)29-48(40)34-15-12-16-35(27-34)51-36-20-21-38-37-17-9-10-18-39(37)50(41(38)28-36)43-26-33(23-24-47-43)45(3,4)5/h9-28H,1-8H3. The minimum Gasteiger partial charge on any atom is -0.458 e. The normalized spacial score (nSPS) is 12.3. The molecule has 0 aliphatic carbocycles. The van der Waals surface area contributed by atoms with E-state index in [1.165, 1.54) is 33.2 Å². The van der Waals surface area contributed by atoms with Crippen molar-refractivity contribution >= 4 is 32.8 Å². The smallest absolute Gasteiger partial charge is 0.244 e. The molecular formula is C46H44N4O. The maximum Gasteiger partial charge on any atom is 0.244 e. The van der Waals surface area contributed by atoms with Crippen LogP contribution in [0.25, 0.3) is 55.5 Å². The van der Waals surface area contributed by atoms with E-state index in [4.69, 9.17) is 9.72 Å². The van der Waals surface area contributed by atoms with E-state index >= 15 is 0 Å². The predicted octanol–water partition coefficient (Wildman–Crippen LogP) is 11.3. The van der Waals surface area contributed by atoms with Crippen LogP contribution < -0.4 is 9.30 Å². The summed E-state index contributed by atoms with van der Waals surface area (Å²) >= 11 is 0. The van der Waals surface area contributed by atoms with Crippen molar-refractivity contribution < 1.29 is 9.30 Å². The van der Waals surface area contributed by atoms with Gasteiger partial charge < -0.3 is 13.9 Å². The number of imidazole rings is 1. The van der Waals surface area contributed by atoms with Gasteiger partial charge in [-0.3, -0.25) is 4.57 Å². The number of aryl methyl sites for hydroxylation is 2. The van der Waals surface area contributed by atoms with E-state index in [1.807, 2.05) is 18.3 Å². The molecule has 0 aliphatic rings. The zero-order valence-corrected chi connectivity index (χ0v) is 30.7. The van der Waals surface area contributed by atoms with Crippen molar-refractivity contribution in [1.82, 2.24) is 14.1 Å². The molecule has 0 atom stereocenters. The fourth-order valence-electron chi connectivity index (χ4n) is 7.32. The molecule has 8 rings (SSSR count). The van der Waals surface area contributed by atoms with Crippen LogP contribution in [0.3, 0.4) is 0 Å². The second-order valence-electron chi connectivity index (χ2n) is 15.7. The summed E-state index contributed by atoms with van der Waals surface area (Å²) < 4.78 is 13.3. The van der Waals surface area contributed by atoms with E-state index in [2.05, 4.69) is 179 Å². The topological polar surface area (TPSA) is 35.9 Å². The molecule has 254 valence electrons. The maximum absolute atomic E-state index is 6.64. The number of fused-ring (bicyclic) bond motifs is 4. The van der Waals surface area contributed by atoms with Gasteiger partial charge in [0.2, 0.25) is 6.33 Å². The highest BCUT2D eigenvalue weighted by molar-refractivity contribution is 6.09. The molecule has 8 aromatic rings. The first-order valence-corrected chi connectivity index (χ1v) is 17.7. The molecule has 0 N–H and O–H groups in total. The number of benzene rings is 5. The minimum absolute atomic E-state index is 0.00658. The Morgan fingerprint density at radius 1 is 0.647 bits per heavy atom. The van der Waals surface area contributed by atoms with Crippen LogP contribution in [0.4, 0.5) is 0 Å². The highest BCUT2D eigenvalue weighted by Gasteiger charge is 2.23. The molecule has 0 amide bonds. The molecule has 0 saturated heterocycles. The second-order valence-corrected chi connectivity index (χ2v) is 15.7. The minimum atomic E-state index is -0.174. The molecule has 0 radical (unpaired) electrons. The lowest BCUT2D eigenvalue weighted by Crippen LogP contribution is -2.49. The third-order valence-corrected chi connectivity index (χ3v) is 9.90. The van der Waals surface area contributed by atoms with Crippen LogP contribution in [0.1, 0.15) is 58.2 Å². The van der Waals surface area contributed by atoms with Gasteiger partial charge in [-0.1, -0.05) is 87.5 Å². The molecule has 51 heavy (non-hydrogen) atoms. The fraction of sp³-hybridized carbons (Fsp3) is 0.217. The van der Waals surface area contributed by atoms with E-state index in [1.54, 1.807) is 0 Å². The lowest BCUT2D eigenvalue weighted by Gasteiger charge is -2.20. The largest absolute Gasteiger partial charge is 0.458 e. The molecule has 0 unspecified atom stereocenters. The summed E-state index contributed by atoms with van der Waals surface area (Å²) in [4.78, 5) is 4.84. The number of pyridine rings is 1. The molecule has 3 aromatic heterocycles. The first-order chi connectivity index (χ1) is 24.4. The van der Waals surface area contributed by atoms with Crippen molar-refractivity contribution in [3.63, 3.8) is 0 Å². The van der Waals surface area contributed by atoms with Gasteiger partial charge in [0.15, 0.2) is 0 Å². The molecule has 3 heterocycles. The highest BCUT2D eigenvalue weighted by Crippen LogP contribution is 2.37. The van der Waals surface area contributed by atoms with Crippen LogP contribution in [-0.2, 0) is 11.0 Å². The monoisotopic (exact) mass is 668 g/mol. The van der Waals surface area contributed by atoms with E-state index in [0.717, 1.165) is 50.5 Å². The Morgan fingerprint density at radius 2 is 1.37 bits per heavy atom. The Labute approximate surface area is 300 Å². The average molecular weight is 669 g/mol. The Bertz CT molecular complexity index is 2590. The Hall–Kier alpha value is -5.68. The number of hydrogen-bond acceptors (Lipinski definition) is 2. The molecule has 5 heteroatoms. The van der Waals surface area contributed by atoms with Gasteiger partial charge in [0.25, 0.3) is 0 Å². The quantitative estimate of drug-likeness (QED) is 0.135. The average Bonchev–Trinajstić information content (AvgIpc) is 3.64. The zero-order chi connectivity index (χ0) is 35.7. The van der Waals surface area contributed by atoms with Crippen molar-refractivity contribution in [2.24, 2.45) is 0 Å². The molecular weight excluding hydrogens is 625 g/mol. The van der Waals surface area contributed by atoms with Gasteiger partial charge in [-0.15, -0.1) is 0 Å². The number of aromatic nitrogens is 4. The van der Waals surface area contributed by atoms with Crippen LogP contribution in [0.5, 0.6) is 11.5 Å². The van der Waals surface area contributed by atoms with Gasteiger partial charge in [-0.2, -0.15) is 0 Å². The Morgan fingerprint density at radius 3 is 2.14 bits per heavy atom. The molecule has 5 aromatic carbocycles. The second kappa shape index (κ2) is 12.0. The summed E-state index contributed by atoms with van der Waals surface area (Å²) in [6.45, 7) is 17.8. The number of rotatable bonds is 5. The molecule has 0 spiro atoms. The van der Waals surface area contributed by atoms with E-state index in [-0.39, 0.29) is 11.0 Å². The third kappa shape index (κ3) is 5.77. The van der Waals surface area contributed by atoms with Crippen LogP contribution in [0.2, 0.25) is 0 Å². The highest BCUT2D eigenvalue weighted by atomic mass is 16.5. The third-order valence-electron chi connectivity index (χ3n) is 9.90. The van der Waals surface area contributed by atoms with Crippen molar-refractivity contribution in [1.29, 1.82) is 0 Å². The lowest BCUT2D eigenvalue weighted by atomic mass is 9.88. The van der Waals surface area contributed by atoms with Crippen molar-refractivity contribution in [3.8, 4) is 34.1 Å². The number of nitrogens with zero attached hydrogens (tertiary/aromatic N) is 4. The Balaban J connectivity index is 1.21. The number of ether oxygens (including phenoxy) is 1. The SMILES string of the molecule is Cc1cccc(C)c1-c1ccc2c(c1)[n+](C(C)(C)C)[c-]n2-c1cccc(Oc2ccc3c4ccccc4n(-c4cc(C(C)(C)C)ccn4)c3c2)c1. The molecule has 5 nitrogen and oxygen atoms in total. The van der Waals surface area contributed by atoms with Crippen LogP contribution in [0.15, 0.2) is 121 Å². The Kier molecular flexibility index (Phi) is 7.64. The van der Waals surface area contributed by atoms with Gasteiger partial charge in [-0.25, -0.2) is 4.98 Å². The van der Waals surface area contributed by atoms with Crippen LogP contribution in [0, 0.1) is 20.2 Å². The number of hydrogen-bond donors (Lipinski definition) is 0. The van der Waals surface area contributed by atoms with Gasteiger partial charge in [0.05, 0.1) is 33.3 Å². The lowest BCUT2D eigenvalue weighted by molar-refractivity contribution is -0.734. The molecule has 0 aliphatic heterocycles. The van der Waals surface area contributed by atoms with Crippen molar-refractivity contribution in [2.75, 3.05) is 0 Å².